The van der Waals surface area contributed by atoms with E-state index in [0.29, 0.717) is 31.0 Å². The molecule has 33 heavy (non-hydrogen) atoms. The Morgan fingerprint density at radius 1 is 1.33 bits per heavy atom. The van der Waals surface area contributed by atoms with Crippen LogP contribution in [0, 0.1) is 18.8 Å². The molecule has 0 spiro atoms. The Bertz CT molecular complexity index is 1050. The second-order valence-corrected chi connectivity index (χ2v) is 10.8. The van der Waals surface area contributed by atoms with E-state index in [4.69, 9.17) is 0 Å². The number of hydrogen-bond acceptors (Lipinski definition) is 7. The highest BCUT2D eigenvalue weighted by atomic mass is 32.2. The van der Waals surface area contributed by atoms with Gasteiger partial charge in [-0.3, -0.25) is 9.59 Å². The molecule has 2 amide bonds. The summed E-state index contributed by atoms with van der Waals surface area (Å²) in [5, 5.41) is 23.2. The lowest BCUT2D eigenvalue weighted by molar-refractivity contribution is -0.163. The number of amides is 2. The highest BCUT2D eigenvalue weighted by Crippen LogP contribution is 2.51. The van der Waals surface area contributed by atoms with Crippen molar-refractivity contribution in [2.24, 2.45) is 11.8 Å². The molecule has 0 radical (unpaired) electrons. The van der Waals surface area contributed by atoms with E-state index in [0.717, 1.165) is 17.9 Å². The topological polar surface area (TPSA) is 128 Å². The van der Waals surface area contributed by atoms with Crippen molar-refractivity contribution in [2.45, 2.75) is 63.7 Å². The summed E-state index contributed by atoms with van der Waals surface area (Å²) < 4.78 is 2.09. The molecule has 1 aromatic rings. The van der Waals surface area contributed by atoms with Crippen LogP contribution in [0.15, 0.2) is 16.9 Å². The van der Waals surface area contributed by atoms with Gasteiger partial charge in [-0.2, -0.15) is 0 Å². The molecule has 4 aliphatic heterocycles. The number of β-lactam (4-membered cyclic amide) rings is 1. The molecular formula is C22H29N5O5S. The zero-order chi connectivity index (χ0) is 23.6. The Morgan fingerprint density at radius 2 is 2.09 bits per heavy atom. The van der Waals surface area contributed by atoms with Gasteiger partial charge in [-0.05, 0) is 20.3 Å². The number of imidazole rings is 1. The van der Waals surface area contributed by atoms with Gasteiger partial charge in [-0.1, -0.05) is 6.92 Å². The molecule has 0 saturated carbocycles. The zero-order valence-corrected chi connectivity index (χ0v) is 19.7. The number of aliphatic carboxylic acids is 1. The Hall–Kier alpha value is -2.37. The molecule has 0 bridgehead atoms. The minimum absolute atomic E-state index is 0.0293. The number of aliphatic hydroxyl groups is 1. The molecule has 5 heterocycles. The number of carboxylic acid groups (broad SMARTS) is 1. The van der Waals surface area contributed by atoms with Crippen LogP contribution in [0.1, 0.15) is 31.7 Å². The number of aliphatic hydroxyl groups excluding tert-OH is 1. The van der Waals surface area contributed by atoms with Crippen molar-refractivity contribution in [1.82, 2.24) is 24.7 Å². The van der Waals surface area contributed by atoms with Gasteiger partial charge in [0.05, 0.1) is 48.4 Å². The van der Waals surface area contributed by atoms with Crippen molar-refractivity contribution in [3.8, 4) is 0 Å². The third-order valence-electron chi connectivity index (χ3n) is 7.41. The maximum Gasteiger partial charge on any atom is 0.353 e. The van der Waals surface area contributed by atoms with Gasteiger partial charge in [0.1, 0.15) is 5.70 Å². The lowest BCUT2D eigenvalue weighted by atomic mass is 9.79. The van der Waals surface area contributed by atoms with Crippen LogP contribution in [-0.2, 0) is 27.5 Å². The van der Waals surface area contributed by atoms with Crippen molar-refractivity contribution in [1.29, 1.82) is 0 Å². The first-order valence-electron chi connectivity index (χ1n) is 11.4. The molecule has 3 N–H and O–H groups in total. The van der Waals surface area contributed by atoms with Gasteiger partial charge < -0.3 is 29.9 Å². The third kappa shape index (κ3) is 3.48. The minimum Gasteiger partial charge on any atom is -0.477 e. The molecule has 4 aliphatic rings. The first-order chi connectivity index (χ1) is 15.7. The van der Waals surface area contributed by atoms with Crippen LogP contribution >= 0.6 is 11.8 Å². The van der Waals surface area contributed by atoms with Gasteiger partial charge in [0.25, 0.3) is 0 Å². The highest BCUT2D eigenvalue weighted by Gasteiger charge is 2.60. The van der Waals surface area contributed by atoms with Crippen LogP contribution in [0.2, 0.25) is 0 Å². The number of rotatable bonds is 5. The number of thioether (sulfide) groups is 1. The molecule has 1 aromatic heterocycles. The largest absolute Gasteiger partial charge is 0.477 e. The molecule has 2 fully saturated rings. The second-order valence-electron chi connectivity index (χ2n) is 9.44. The summed E-state index contributed by atoms with van der Waals surface area (Å²) in [7, 11) is 0. The van der Waals surface area contributed by atoms with E-state index in [9.17, 15) is 24.6 Å². The van der Waals surface area contributed by atoms with Gasteiger partial charge >= 0.3 is 5.97 Å². The number of nitrogens with one attached hydrogen (secondary N) is 1. The number of nitrogens with zero attached hydrogens (tertiary/aromatic N) is 4. The molecule has 6 atom stereocenters. The zero-order valence-electron chi connectivity index (χ0n) is 18.9. The fourth-order valence-corrected chi connectivity index (χ4v) is 7.12. The average Bonchev–Trinajstić information content (AvgIpc) is 3.44. The number of aryl methyl sites for hydroxylation is 1. The minimum atomic E-state index is -1.12. The lowest BCUT2D eigenvalue weighted by Gasteiger charge is -2.46. The van der Waals surface area contributed by atoms with Crippen molar-refractivity contribution < 1.29 is 24.6 Å². The first kappa shape index (κ1) is 22.4. The van der Waals surface area contributed by atoms with Crippen molar-refractivity contribution in [3.63, 3.8) is 0 Å². The van der Waals surface area contributed by atoms with Crippen LogP contribution in [-0.4, -0.2) is 83.9 Å². The van der Waals surface area contributed by atoms with E-state index >= 15 is 0 Å². The Morgan fingerprint density at radius 3 is 2.79 bits per heavy atom. The van der Waals surface area contributed by atoms with E-state index in [1.54, 1.807) is 6.92 Å². The summed E-state index contributed by atoms with van der Waals surface area (Å²) in [6.07, 6.45) is 1.60. The number of carbonyl (C=O) groups excluding carboxylic acids is 2. The summed E-state index contributed by atoms with van der Waals surface area (Å²) in [6, 6.07) is -0.633. The quantitative estimate of drug-likeness (QED) is 0.514. The van der Waals surface area contributed by atoms with E-state index in [2.05, 4.69) is 14.9 Å². The smallest absolute Gasteiger partial charge is 0.353 e. The van der Waals surface area contributed by atoms with Crippen molar-refractivity contribution >= 4 is 29.5 Å². The fourth-order valence-electron chi connectivity index (χ4n) is 5.64. The average molecular weight is 476 g/mol. The van der Waals surface area contributed by atoms with Crippen LogP contribution < -0.4 is 5.32 Å². The summed E-state index contributed by atoms with van der Waals surface area (Å²) in [5.74, 6) is -2.13. The van der Waals surface area contributed by atoms with Gasteiger partial charge in [-0.15, -0.1) is 11.8 Å². The molecule has 0 aliphatic carbocycles. The van der Waals surface area contributed by atoms with Gasteiger partial charge in [0, 0.05) is 35.7 Å². The van der Waals surface area contributed by atoms with Crippen molar-refractivity contribution in [2.75, 3.05) is 13.1 Å². The van der Waals surface area contributed by atoms with Gasteiger partial charge in [0.2, 0.25) is 11.8 Å². The summed E-state index contributed by atoms with van der Waals surface area (Å²) in [5.41, 5.74) is 2.05. The SMILES string of the molecule is Cc1ncn2c1CN(C(=O)[C@@H]1C[C@H](SC3=C(C(=O)O)N4C(=O)[C@H]([C@@H](C)O)[C@H]4[C@H]3C)CN1)CC2. The Kier molecular flexibility index (Phi) is 5.53. The predicted octanol–water partition coefficient (Wildman–Crippen LogP) is 0.151. The maximum atomic E-state index is 13.2. The van der Waals surface area contributed by atoms with Crippen LogP contribution in [0.4, 0.5) is 0 Å². The van der Waals surface area contributed by atoms with E-state index < -0.39 is 18.0 Å². The molecule has 10 nitrogen and oxygen atoms in total. The maximum absolute atomic E-state index is 13.2. The van der Waals surface area contributed by atoms with Crippen LogP contribution in [0.5, 0.6) is 0 Å². The number of fused-ring (bicyclic) bond motifs is 2. The molecular weight excluding hydrogens is 446 g/mol. The van der Waals surface area contributed by atoms with Gasteiger partial charge in [0.15, 0.2) is 0 Å². The number of aromatic nitrogens is 2. The van der Waals surface area contributed by atoms with Crippen molar-refractivity contribution in [3.05, 3.63) is 28.3 Å². The van der Waals surface area contributed by atoms with Crippen LogP contribution in [0.25, 0.3) is 0 Å². The molecule has 5 rings (SSSR count). The third-order valence-corrected chi connectivity index (χ3v) is 8.92. The summed E-state index contributed by atoms with van der Waals surface area (Å²) in [4.78, 5) is 45.9. The molecule has 0 aromatic carbocycles. The summed E-state index contributed by atoms with van der Waals surface area (Å²) >= 11 is 1.46. The number of carboxylic acids is 1. The standard InChI is InChI=1S/C22H29N5O5S/c1-10-17-16(12(3)28)21(30)27(17)18(22(31)32)19(10)33-13-6-14(23-7-13)20(29)25-4-5-26-9-24-11(2)15(26)8-25/h9-10,12-14,16-17,23,28H,4-8H2,1-3H3,(H,31,32)/t10-,12-,13+,14+,16-,17-/m1/s1. The number of carbonyl (C=O) groups is 3. The normalized spacial score (nSPS) is 32.0. The Balaban J connectivity index is 1.27. The lowest BCUT2D eigenvalue weighted by Crippen LogP contribution is -2.63. The Labute approximate surface area is 196 Å². The second kappa shape index (κ2) is 8.14. The van der Waals surface area contributed by atoms with Gasteiger partial charge in [-0.25, -0.2) is 9.78 Å². The monoisotopic (exact) mass is 475 g/mol. The first-order valence-corrected chi connectivity index (χ1v) is 12.2. The van der Waals surface area contributed by atoms with E-state index in [1.165, 1.54) is 16.7 Å². The highest BCUT2D eigenvalue weighted by molar-refractivity contribution is 8.03. The van der Waals surface area contributed by atoms with E-state index in [1.807, 2.05) is 25.1 Å². The molecule has 178 valence electrons. The molecule has 11 heteroatoms. The molecule has 2 saturated heterocycles. The summed E-state index contributed by atoms with van der Waals surface area (Å²) in [6.45, 7) is 7.95. The van der Waals surface area contributed by atoms with Crippen LogP contribution in [0.3, 0.4) is 0 Å². The predicted molar refractivity (Wildman–Crippen MR) is 120 cm³/mol. The number of hydrogen-bond donors (Lipinski definition) is 3. The van der Waals surface area contributed by atoms with E-state index in [-0.39, 0.29) is 40.8 Å². The molecule has 0 unspecified atom stereocenters. The fraction of sp³-hybridized carbons (Fsp3) is 0.636.